The number of aromatic nitrogens is 5. The number of H-pyrrole nitrogens is 1. The number of carboxylic acid groups (broad SMARTS) is 1. The summed E-state index contributed by atoms with van der Waals surface area (Å²) in [6.07, 6.45) is 3.49. The second kappa shape index (κ2) is 8.00. The molecule has 30 heavy (non-hydrogen) atoms. The van der Waals surface area contributed by atoms with E-state index in [0.29, 0.717) is 34.3 Å². The summed E-state index contributed by atoms with van der Waals surface area (Å²) in [4.78, 5) is 26.1. The van der Waals surface area contributed by atoms with Crippen molar-refractivity contribution in [1.29, 1.82) is 0 Å². The zero-order chi connectivity index (χ0) is 21.1. The SMILES string of the molecule is C=CCN(C(=O)O)c1ccnc(-c2nc(-c3n[nH]c4ccccc34)ncc2OC)c1. The Kier molecular flexibility index (Phi) is 5.08. The lowest BCUT2D eigenvalue weighted by molar-refractivity contribution is 0.202. The fourth-order valence-corrected chi connectivity index (χ4v) is 3.09. The van der Waals surface area contributed by atoms with Gasteiger partial charge in [-0.25, -0.2) is 14.8 Å². The van der Waals surface area contributed by atoms with E-state index in [9.17, 15) is 9.90 Å². The minimum Gasteiger partial charge on any atom is -0.493 e. The van der Waals surface area contributed by atoms with Crippen LogP contribution in [0.4, 0.5) is 10.5 Å². The Morgan fingerprint density at radius 1 is 1.27 bits per heavy atom. The van der Waals surface area contributed by atoms with E-state index in [0.717, 1.165) is 15.8 Å². The van der Waals surface area contributed by atoms with E-state index in [2.05, 4.69) is 31.7 Å². The number of aromatic amines is 1. The standard InChI is InChI=1S/C21H18N6O3/c1-3-10-27(21(28)29)13-8-9-22-16(11-13)19-17(30-2)12-23-20(24-19)18-14-6-4-5-7-15(14)25-26-18/h3-9,11-12H,1,10H2,2H3,(H,25,26)(H,28,29). The highest BCUT2D eigenvalue weighted by atomic mass is 16.5. The Bertz CT molecular complexity index is 1240. The Labute approximate surface area is 171 Å². The summed E-state index contributed by atoms with van der Waals surface area (Å²) in [6, 6.07) is 10.9. The minimum absolute atomic E-state index is 0.143. The lowest BCUT2D eigenvalue weighted by Crippen LogP contribution is -2.29. The van der Waals surface area contributed by atoms with Gasteiger partial charge >= 0.3 is 6.09 Å². The molecule has 9 nitrogen and oxygen atoms in total. The molecular weight excluding hydrogens is 384 g/mol. The van der Waals surface area contributed by atoms with Gasteiger partial charge in [-0.3, -0.25) is 15.0 Å². The van der Waals surface area contributed by atoms with E-state index in [1.807, 2.05) is 24.3 Å². The van der Waals surface area contributed by atoms with Crippen LogP contribution in [0, 0.1) is 0 Å². The van der Waals surface area contributed by atoms with Gasteiger partial charge in [0.25, 0.3) is 0 Å². The fraction of sp³-hybridized carbons (Fsp3) is 0.0952. The number of methoxy groups -OCH3 is 1. The quantitative estimate of drug-likeness (QED) is 0.472. The number of pyridine rings is 1. The van der Waals surface area contributed by atoms with Crippen LogP contribution < -0.4 is 9.64 Å². The third-order valence-electron chi connectivity index (χ3n) is 4.50. The first-order valence-electron chi connectivity index (χ1n) is 9.04. The fourth-order valence-electron chi connectivity index (χ4n) is 3.09. The number of nitrogens with zero attached hydrogens (tertiary/aromatic N) is 5. The molecule has 0 aliphatic heterocycles. The van der Waals surface area contributed by atoms with Crippen LogP contribution in [0.2, 0.25) is 0 Å². The van der Waals surface area contributed by atoms with Crippen LogP contribution in [-0.4, -0.2) is 50.0 Å². The van der Waals surface area contributed by atoms with Crippen molar-refractivity contribution >= 4 is 22.7 Å². The number of amides is 1. The average molecular weight is 402 g/mol. The van der Waals surface area contributed by atoms with E-state index < -0.39 is 6.09 Å². The summed E-state index contributed by atoms with van der Waals surface area (Å²) in [5.74, 6) is 0.811. The summed E-state index contributed by atoms with van der Waals surface area (Å²) in [5.41, 5.74) is 2.79. The van der Waals surface area contributed by atoms with Gasteiger partial charge in [-0.15, -0.1) is 6.58 Å². The number of nitrogens with one attached hydrogen (secondary N) is 1. The van der Waals surface area contributed by atoms with Gasteiger partial charge in [-0.1, -0.05) is 24.3 Å². The average Bonchev–Trinajstić information content (AvgIpc) is 3.21. The maximum Gasteiger partial charge on any atom is 0.412 e. The molecule has 0 atom stereocenters. The highest BCUT2D eigenvalue weighted by Crippen LogP contribution is 2.31. The van der Waals surface area contributed by atoms with Crippen LogP contribution in [0.5, 0.6) is 5.75 Å². The van der Waals surface area contributed by atoms with Crippen molar-refractivity contribution in [3.05, 3.63) is 61.4 Å². The lowest BCUT2D eigenvalue weighted by Gasteiger charge is -2.18. The molecular formula is C21H18N6O3. The zero-order valence-electron chi connectivity index (χ0n) is 16.1. The second-order valence-corrected chi connectivity index (χ2v) is 6.31. The molecule has 9 heteroatoms. The third kappa shape index (κ3) is 3.44. The molecule has 0 aliphatic carbocycles. The molecule has 0 saturated carbocycles. The molecule has 1 amide bonds. The highest BCUT2D eigenvalue weighted by Gasteiger charge is 2.19. The molecule has 0 aliphatic rings. The summed E-state index contributed by atoms with van der Waals surface area (Å²) in [6.45, 7) is 3.75. The van der Waals surface area contributed by atoms with E-state index >= 15 is 0 Å². The molecule has 0 saturated heterocycles. The number of hydrogen-bond acceptors (Lipinski definition) is 6. The summed E-state index contributed by atoms with van der Waals surface area (Å²) >= 11 is 0. The predicted octanol–water partition coefficient (Wildman–Crippen LogP) is 3.76. The zero-order valence-corrected chi connectivity index (χ0v) is 16.1. The largest absolute Gasteiger partial charge is 0.493 e. The van der Waals surface area contributed by atoms with Crippen molar-refractivity contribution in [3.63, 3.8) is 0 Å². The maximum atomic E-state index is 11.6. The van der Waals surface area contributed by atoms with Gasteiger partial charge in [0.2, 0.25) is 0 Å². The number of rotatable bonds is 6. The number of ether oxygens (including phenoxy) is 1. The van der Waals surface area contributed by atoms with Gasteiger partial charge in [-0.2, -0.15) is 5.10 Å². The number of para-hydroxylation sites is 1. The molecule has 0 spiro atoms. The molecule has 4 rings (SSSR count). The predicted molar refractivity (Wildman–Crippen MR) is 112 cm³/mol. The number of anilines is 1. The number of hydrogen-bond donors (Lipinski definition) is 2. The van der Waals surface area contributed by atoms with Crippen LogP contribution >= 0.6 is 0 Å². The molecule has 150 valence electrons. The van der Waals surface area contributed by atoms with E-state index in [4.69, 9.17) is 4.74 Å². The Morgan fingerprint density at radius 3 is 2.87 bits per heavy atom. The van der Waals surface area contributed by atoms with Crippen molar-refractivity contribution in [1.82, 2.24) is 25.1 Å². The van der Waals surface area contributed by atoms with Crippen molar-refractivity contribution in [2.45, 2.75) is 0 Å². The molecule has 0 fully saturated rings. The summed E-state index contributed by atoms with van der Waals surface area (Å²) in [5, 5.41) is 17.7. The monoisotopic (exact) mass is 402 g/mol. The maximum absolute atomic E-state index is 11.6. The Morgan fingerprint density at radius 2 is 2.10 bits per heavy atom. The van der Waals surface area contributed by atoms with Crippen LogP contribution in [0.1, 0.15) is 0 Å². The van der Waals surface area contributed by atoms with Gasteiger partial charge in [-0.05, 0) is 18.2 Å². The van der Waals surface area contributed by atoms with Crippen LogP contribution in [0.25, 0.3) is 33.8 Å². The molecule has 3 heterocycles. The van der Waals surface area contributed by atoms with Crippen molar-refractivity contribution < 1.29 is 14.6 Å². The van der Waals surface area contributed by atoms with Crippen LogP contribution in [0.3, 0.4) is 0 Å². The molecule has 1 aromatic carbocycles. The normalized spacial score (nSPS) is 10.7. The van der Waals surface area contributed by atoms with E-state index in [-0.39, 0.29) is 6.54 Å². The van der Waals surface area contributed by atoms with Crippen LogP contribution in [-0.2, 0) is 0 Å². The smallest absolute Gasteiger partial charge is 0.412 e. The second-order valence-electron chi connectivity index (χ2n) is 6.31. The molecule has 4 aromatic rings. The van der Waals surface area contributed by atoms with E-state index in [1.54, 1.807) is 18.3 Å². The van der Waals surface area contributed by atoms with Crippen molar-refractivity contribution in [2.24, 2.45) is 0 Å². The minimum atomic E-state index is -1.09. The van der Waals surface area contributed by atoms with E-state index in [1.165, 1.54) is 19.4 Å². The molecule has 2 N–H and O–H groups in total. The van der Waals surface area contributed by atoms with Gasteiger partial charge in [0.1, 0.15) is 11.4 Å². The number of fused-ring (bicyclic) bond motifs is 1. The molecule has 0 unspecified atom stereocenters. The van der Waals surface area contributed by atoms with Crippen LogP contribution in [0.15, 0.2) is 61.4 Å². The number of carbonyl (C=O) groups is 1. The first-order chi connectivity index (χ1) is 14.6. The van der Waals surface area contributed by atoms with Gasteiger partial charge < -0.3 is 9.84 Å². The highest BCUT2D eigenvalue weighted by molar-refractivity contribution is 5.91. The molecule has 0 radical (unpaired) electrons. The van der Waals surface area contributed by atoms with Gasteiger partial charge in [0, 0.05) is 18.1 Å². The molecule has 0 bridgehead atoms. The first kappa shape index (κ1) is 19.1. The lowest BCUT2D eigenvalue weighted by atomic mass is 10.2. The Balaban J connectivity index is 1.83. The first-order valence-corrected chi connectivity index (χ1v) is 9.04. The van der Waals surface area contributed by atoms with Gasteiger partial charge in [0.15, 0.2) is 11.6 Å². The van der Waals surface area contributed by atoms with Crippen molar-refractivity contribution in [2.75, 3.05) is 18.6 Å². The summed E-state index contributed by atoms with van der Waals surface area (Å²) in [7, 11) is 1.51. The molecule has 3 aromatic heterocycles. The Hall–Kier alpha value is -4.27. The number of benzene rings is 1. The summed E-state index contributed by atoms with van der Waals surface area (Å²) < 4.78 is 5.42. The third-order valence-corrected chi connectivity index (χ3v) is 4.50. The van der Waals surface area contributed by atoms with Gasteiger partial charge in [0.05, 0.1) is 30.2 Å². The van der Waals surface area contributed by atoms with Crippen molar-refractivity contribution in [3.8, 4) is 28.7 Å². The topological polar surface area (TPSA) is 117 Å².